The summed E-state index contributed by atoms with van der Waals surface area (Å²) in [6.07, 6.45) is 2.01. The van der Waals surface area contributed by atoms with Gasteiger partial charge >= 0.3 is 10.1 Å². The first-order valence-electron chi connectivity index (χ1n) is 8.96. The Morgan fingerprint density at radius 3 is 2.65 bits per heavy atom. The van der Waals surface area contributed by atoms with Crippen LogP contribution in [0.3, 0.4) is 0 Å². The number of fused-ring (bicyclic) bond motifs is 3. The van der Waals surface area contributed by atoms with Crippen molar-refractivity contribution in [1.29, 1.82) is 0 Å². The van der Waals surface area contributed by atoms with Gasteiger partial charge in [-0.05, 0) is 43.2 Å². The van der Waals surface area contributed by atoms with Crippen molar-refractivity contribution >= 4 is 26.8 Å². The van der Waals surface area contributed by atoms with Crippen molar-refractivity contribution in [2.45, 2.75) is 40.0 Å². The van der Waals surface area contributed by atoms with E-state index in [-0.39, 0.29) is 28.6 Å². The molecule has 0 amide bonds. The molecule has 1 aromatic heterocycles. The van der Waals surface area contributed by atoms with Gasteiger partial charge in [0.1, 0.15) is 11.3 Å². The number of para-hydroxylation sites is 1. The lowest BCUT2D eigenvalue weighted by atomic mass is 9.70. The summed E-state index contributed by atoms with van der Waals surface area (Å²) in [6.45, 7) is 5.89. The van der Waals surface area contributed by atoms with Crippen LogP contribution in [0.2, 0.25) is 0 Å². The summed E-state index contributed by atoms with van der Waals surface area (Å²) in [7, 11) is -3.93. The number of hydrogen-bond donors (Lipinski definition) is 0. The summed E-state index contributed by atoms with van der Waals surface area (Å²) in [5.74, 6) is 0.301. The normalized spacial score (nSPS) is 27.2. The van der Waals surface area contributed by atoms with Crippen LogP contribution in [-0.2, 0) is 14.9 Å². The van der Waals surface area contributed by atoms with E-state index in [0.29, 0.717) is 18.4 Å². The summed E-state index contributed by atoms with van der Waals surface area (Å²) in [5, 5.41) is 0.819. The molecular weight excluding hydrogens is 350 g/mol. The van der Waals surface area contributed by atoms with Gasteiger partial charge in [-0.2, -0.15) is 8.42 Å². The van der Waals surface area contributed by atoms with Crippen molar-refractivity contribution in [3.05, 3.63) is 36.0 Å². The maximum Gasteiger partial charge on any atom is 0.310 e. The molecule has 2 saturated carbocycles. The number of rotatable bonds is 4. The molecule has 2 aliphatic rings. The van der Waals surface area contributed by atoms with E-state index in [4.69, 9.17) is 4.18 Å². The smallest absolute Gasteiger partial charge is 0.310 e. The van der Waals surface area contributed by atoms with E-state index in [1.54, 1.807) is 12.1 Å². The molecule has 0 spiro atoms. The van der Waals surface area contributed by atoms with Crippen molar-refractivity contribution in [3.63, 3.8) is 0 Å². The predicted octanol–water partition coefficient (Wildman–Crippen LogP) is 3.65. The maximum atomic E-state index is 12.9. The molecular formula is C20H23NO4S. The highest BCUT2D eigenvalue weighted by Gasteiger charge is 2.65. The minimum Gasteiger partial charge on any atom is -0.380 e. The molecule has 0 N–H and O–H groups in total. The molecule has 1 aromatic carbocycles. The average Bonchev–Trinajstić information content (AvgIpc) is 2.89. The second-order valence-corrected chi connectivity index (χ2v) is 9.80. The molecule has 2 fully saturated rings. The molecule has 5 nitrogen and oxygen atoms in total. The minimum absolute atomic E-state index is 0.0674. The number of Topliss-reactive ketones (excluding diaryl/α,β-unsaturated/α-hetero) is 1. The fraction of sp³-hybridized carbons (Fsp3) is 0.500. The van der Waals surface area contributed by atoms with E-state index in [1.807, 2.05) is 39.0 Å². The molecule has 138 valence electrons. The SMILES string of the molecule is Cc1ccc2cccc(OS(=O)(=O)CC34CCC(CC3=O)C4(C)C)c2n1. The van der Waals surface area contributed by atoms with Gasteiger partial charge in [-0.15, -0.1) is 0 Å². The van der Waals surface area contributed by atoms with Gasteiger partial charge in [0.05, 0.1) is 11.2 Å². The molecule has 6 heteroatoms. The Hall–Kier alpha value is -1.95. The lowest BCUT2D eigenvalue weighted by Gasteiger charge is -2.35. The highest BCUT2D eigenvalue weighted by molar-refractivity contribution is 7.87. The van der Waals surface area contributed by atoms with Gasteiger partial charge in [0.2, 0.25) is 0 Å². The van der Waals surface area contributed by atoms with E-state index in [0.717, 1.165) is 17.5 Å². The van der Waals surface area contributed by atoms with Crippen molar-refractivity contribution < 1.29 is 17.4 Å². The summed E-state index contributed by atoms with van der Waals surface area (Å²) in [4.78, 5) is 17.1. The van der Waals surface area contributed by atoms with Gasteiger partial charge in [0, 0.05) is 17.5 Å². The monoisotopic (exact) mass is 373 g/mol. The number of nitrogens with zero attached hydrogens (tertiary/aromatic N) is 1. The van der Waals surface area contributed by atoms with Crippen LogP contribution >= 0.6 is 0 Å². The number of aromatic nitrogens is 1. The average molecular weight is 373 g/mol. The number of carbonyl (C=O) groups is 1. The van der Waals surface area contributed by atoms with Crippen molar-refractivity contribution in [3.8, 4) is 5.75 Å². The minimum atomic E-state index is -3.93. The molecule has 26 heavy (non-hydrogen) atoms. The fourth-order valence-electron chi connectivity index (χ4n) is 4.86. The highest BCUT2D eigenvalue weighted by Crippen LogP contribution is 2.64. The quantitative estimate of drug-likeness (QED) is 0.765. The van der Waals surface area contributed by atoms with Crippen LogP contribution in [0.5, 0.6) is 5.75 Å². The number of pyridine rings is 1. The summed E-state index contributed by atoms with van der Waals surface area (Å²) in [6, 6.07) is 8.99. The Bertz CT molecular complexity index is 1010. The lowest BCUT2D eigenvalue weighted by Crippen LogP contribution is -2.43. The van der Waals surface area contributed by atoms with Crippen LogP contribution in [0.1, 0.15) is 38.8 Å². The van der Waals surface area contributed by atoms with E-state index in [1.165, 1.54) is 0 Å². The van der Waals surface area contributed by atoms with Crippen LogP contribution in [0.25, 0.3) is 10.9 Å². The summed E-state index contributed by atoms with van der Waals surface area (Å²) < 4.78 is 31.3. The second-order valence-electron chi connectivity index (χ2n) is 8.23. The van der Waals surface area contributed by atoms with Gasteiger partial charge in [0.25, 0.3) is 0 Å². The molecule has 0 aliphatic heterocycles. The lowest BCUT2D eigenvalue weighted by molar-refractivity contribution is -0.128. The van der Waals surface area contributed by atoms with Gasteiger partial charge in [-0.1, -0.05) is 32.0 Å². The Morgan fingerprint density at radius 1 is 1.23 bits per heavy atom. The third-order valence-electron chi connectivity index (χ3n) is 6.60. The molecule has 0 saturated heterocycles. The molecule has 1 heterocycles. The van der Waals surface area contributed by atoms with Crippen LogP contribution in [0.4, 0.5) is 0 Å². The third kappa shape index (κ3) is 2.46. The maximum absolute atomic E-state index is 12.9. The van der Waals surface area contributed by atoms with Gasteiger partial charge in [-0.3, -0.25) is 4.79 Å². The molecule has 2 unspecified atom stereocenters. The highest BCUT2D eigenvalue weighted by atomic mass is 32.2. The number of carbonyl (C=O) groups excluding carboxylic acids is 1. The van der Waals surface area contributed by atoms with Crippen molar-refractivity contribution in [2.75, 3.05) is 5.75 Å². The molecule has 2 aliphatic carbocycles. The zero-order chi connectivity index (χ0) is 18.7. The molecule has 2 atom stereocenters. The van der Waals surface area contributed by atoms with Crippen molar-refractivity contribution in [2.24, 2.45) is 16.7 Å². The zero-order valence-electron chi connectivity index (χ0n) is 15.3. The standard InChI is InChI=1S/C20H23NO4S/c1-13-7-8-14-5-4-6-16(18(14)21-13)25-26(23,24)12-20-10-9-15(11-17(20)22)19(20,2)3/h4-8,15H,9-12H2,1-3H3. The second kappa shape index (κ2) is 5.52. The van der Waals surface area contributed by atoms with Crippen LogP contribution in [0.15, 0.2) is 30.3 Å². The number of ketones is 1. The first-order valence-corrected chi connectivity index (χ1v) is 10.5. The summed E-state index contributed by atoms with van der Waals surface area (Å²) >= 11 is 0. The molecule has 0 radical (unpaired) electrons. The largest absolute Gasteiger partial charge is 0.380 e. The van der Waals surface area contributed by atoms with E-state index >= 15 is 0 Å². The number of benzene rings is 1. The first kappa shape index (κ1) is 17.5. The molecule has 2 bridgehead atoms. The third-order valence-corrected chi connectivity index (χ3v) is 7.88. The van der Waals surface area contributed by atoms with E-state index in [2.05, 4.69) is 4.98 Å². The van der Waals surface area contributed by atoms with Gasteiger partial charge < -0.3 is 4.18 Å². The van der Waals surface area contributed by atoms with Crippen LogP contribution in [-0.4, -0.2) is 24.9 Å². The summed E-state index contributed by atoms with van der Waals surface area (Å²) in [5.41, 5.74) is 0.170. The van der Waals surface area contributed by atoms with E-state index < -0.39 is 15.5 Å². The topological polar surface area (TPSA) is 73.3 Å². The van der Waals surface area contributed by atoms with E-state index in [9.17, 15) is 13.2 Å². The Labute approximate surface area is 153 Å². The first-order chi connectivity index (χ1) is 12.1. The molecule has 4 rings (SSSR count). The fourth-order valence-corrected chi connectivity index (χ4v) is 6.61. The van der Waals surface area contributed by atoms with Crippen LogP contribution < -0.4 is 4.18 Å². The van der Waals surface area contributed by atoms with Crippen LogP contribution in [0, 0.1) is 23.7 Å². The number of hydrogen-bond acceptors (Lipinski definition) is 5. The number of aryl methyl sites for hydroxylation is 1. The van der Waals surface area contributed by atoms with Crippen molar-refractivity contribution in [1.82, 2.24) is 4.98 Å². The zero-order valence-corrected chi connectivity index (χ0v) is 16.1. The van der Waals surface area contributed by atoms with Gasteiger partial charge in [-0.25, -0.2) is 4.98 Å². The Kier molecular flexibility index (Phi) is 3.71. The molecule has 2 aromatic rings. The van der Waals surface area contributed by atoms with Gasteiger partial charge in [0.15, 0.2) is 5.75 Å². The Balaban J connectivity index is 1.69. The Morgan fingerprint density at radius 2 is 2.00 bits per heavy atom. The predicted molar refractivity (Wildman–Crippen MR) is 99.5 cm³/mol.